The summed E-state index contributed by atoms with van der Waals surface area (Å²) >= 11 is 0. The first-order valence-corrected chi connectivity index (χ1v) is 3.71. The number of guanidine groups is 1. The van der Waals surface area contributed by atoms with Gasteiger partial charge in [0.2, 0.25) is 5.96 Å². The molecule has 0 heterocycles. The van der Waals surface area contributed by atoms with Gasteiger partial charge in [-0.2, -0.15) is 0 Å². The van der Waals surface area contributed by atoms with Crippen LogP contribution in [0.3, 0.4) is 0 Å². The van der Waals surface area contributed by atoms with E-state index in [0.29, 0.717) is 5.69 Å². The molecule has 13 heavy (non-hydrogen) atoms. The summed E-state index contributed by atoms with van der Waals surface area (Å²) in [7, 11) is 1.59. The van der Waals surface area contributed by atoms with E-state index in [1.165, 1.54) is 0 Å². The number of nitrogens with one attached hydrogen (secondary N) is 1. The number of ether oxygens (including phenoxy) is 1. The topological polar surface area (TPSA) is 85.7 Å². The summed E-state index contributed by atoms with van der Waals surface area (Å²) in [6.45, 7) is 0. The van der Waals surface area contributed by atoms with Gasteiger partial charge in [-0.05, 0) is 12.1 Å². The van der Waals surface area contributed by atoms with Crippen LogP contribution in [-0.2, 0) is 0 Å². The molecule has 0 aliphatic heterocycles. The predicted molar refractivity (Wildman–Crippen MR) is 51.6 cm³/mol. The normalized spacial score (nSPS) is 11.1. The molecule has 0 radical (unpaired) electrons. The molecule has 0 aliphatic carbocycles. The summed E-state index contributed by atoms with van der Waals surface area (Å²) < 4.78 is 5.01. The zero-order valence-electron chi connectivity index (χ0n) is 7.32. The molecule has 5 nitrogen and oxygen atoms in total. The summed E-state index contributed by atoms with van der Waals surface area (Å²) in [4.78, 5) is 3.96. The average Bonchev–Trinajstić information content (AvgIpc) is 2.18. The number of methoxy groups -OCH3 is 1. The van der Waals surface area contributed by atoms with Crippen molar-refractivity contribution >= 4 is 11.6 Å². The summed E-state index contributed by atoms with van der Waals surface area (Å²) in [6, 6.07) is 7.20. The van der Waals surface area contributed by atoms with Crippen molar-refractivity contribution in [2.45, 2.75) is 0 Å². The first-order chi connectivity index (χ1) is 6.26. The fourth-order valence-electron chi connectivity index (χ4n) is 0.851. The highest BCUT2D eigenvalue weighted by molar-refractivity contribution is 5.80. The minimum Gasteiger partial charge on any atom is -0.497 e. The van der Waals surface area contributed by atoms with E-state index in [9.17, 15) is 0 Å². The van der Waals surface area contributed by atoms with E-state index in [1.807, 2.05) is 12.1 Å². The highest BCUT2D eigenvalue weighted by Crippen LogP contribution is 2.18. The summed E-state index contributed by atoms with van der Waals surface area (Å²) in [5.41, 5.74) is 8.30. The van der Waals surface area contributed by atoms with Crippen molar-refractivity contribution in [2.24, 2.45) is 16.6 Å². The second-order valence-corrected chi connectivity index (χ2v) is 2.34. The fraction of sp³-hybridized carbons (Fsp3) is 0.125. The summed E-state index contributed by atoms with van der Waals surface area (Å²) in [5, 5.41) is 0. The number of hydrogen-bond acceptors (Lipinski definition) is 3. The zero-order valence-corrected chi connectivity index (χ0v) is 7.32. The van der Waals surface area contributed by atoms with E-state index < -0.39 is 0 Å². The van der Waals surface area contributed by atoms with Crippen LogP contribution >= 0.6 is 0 Å². The Balaban J connectivity index is 2.89. The molecule has 0 aliphatic rings. The van der Waals surface area contributed by atoms with Gasteiger partial charge in [-0.25, -0.2) is 10.8 Å². The molecule has 0 amide bonds. The highest BCUT2D eigenvalue weighted by Gasteiger charge is 1.93. The van der Waals surface area contributed by atoms with Gasteiger partial charge in [0.15, 0.2) is 0 Å². The standard InChI is InChI=1S/C8H12N4O/c1-13-7-4-2-3-6(5-7)11-8(9)12-10/h2-5H,10H2,1H3,(H3,9,11,12). The van der Waals surface area contributed by atoms with Crippen LogP contribution in [0.4, 0.5) is 5.69 Å². The van der Waals surface area contributed by atoms with Gasteiger partial charge in [0.1, 0.15) is 5.75 Å². The van der Waals surface area contributed by atoms with E-state index in [1.54, 1.807) is 19.2 Å². The first kappa shape index (κ1) is 9.34. The molecule has 0 atom stereocenters. The van der Waals surface area contributed by atoms with Crippen LogP contribution in [0.25, 0.3) is 0 Å². The molecule has 1 rings (SSSR count). The average molecular weight is 180 g/mol. The highest BCUT2D eigenvalue weighted by atomic mass is 16.5. The van der Waals surface area contributed by atoms with Crippen LogP contribution < -0.4 is 21.7 Å². The quantitative estimate of drug-likeness (QED) is 0.261. The van der Waals surface area contributed by atoms with Crippen molar-refractivity contribution in [1.29, 1.82) is 0 Å². The van der Waals surface area contributed by atoms with Gasteiger partial charge in [-0.3, -0.25) is 5.43 Å². The van der Waals surface area contributed by atoms with Crippen LogP contribution in [0.15, 0.2) is 29.3 Å². The van der Waals surface area contributed by atoms with E-state index in [0.717, 1.165) is 5.75 Å². The Morgan fingerprint density at radius 2 is 2.31 bits per heavy atom. The van der Waals surface area contributed by atoms with Crippen LogP contribution in [0.1, 0.15) is 0 Å². The molecule has 5 N–H and O–H groups in total. The molecule has 0 unspecified atom stereocenters. The number of hydrazine groups is 1. The molecule has 0 spiro atoms. The second-order valence-electron chi connectivity index (χ2n) is 2.34. The molecular weight excluding hydrogens is 168 g/mol. The smallest absolute Gasteiger partial charge is 0.208 e. The number of rotatable bonds is 2. The second kappa shape index (κ2) is 4.32. The van der Waals surface area contributed by atoms with Crippen molar-refractivity contribution in [3.05, 3.63) is 24.3 Å². The fourth-order valence-corrected chi connectivity index (χ4v) is 0.851. The van der Waals surface area contributed by atoms with Gasteiger partial charge in [-0.1, -0.05) is 6.07 Å². The number of benzene rings is 1. The lowest BCUT2D eigenvalue weighted by molar-refractivity contribution is 0.415. The van der Waals surface area contributed by atoms with Crippen molar-refractivity contribution in [2.75, 3.05) is 7.11 Å². The summed E-state index contributed by atoms with van der Waals surface area (Å²) in [5.74, 6) is 5.94. The van der Waals surface area contributed by atoms with Gasteiger partial charge in [0.25, 0.3) is 0 Å². The third kappa shape index (κ3) is 2.64. The maximum atomic E-state index is 5.37. The molecule has 0 bridgehead atoms. The monoisotopic (exact) mass is 180 g/mol. The van der Waals surface area contributed by atoms with Crippen LogP contribution in [0, 0.1) is 0 Å². The lowest BCUT2D eigenvalue weighted by Crippen LogP contribution is -2.36. The third-order valence-electron chi connectivity index (χ3n) is 1.45. The molecule has 1 aromatic rings. The largest absolute Gasteiger partial charge is 0.497 e. The molecule has 0 aromatic heterocycles. The number of nitrogens with two attached hydrogens (primary N) is 2. The van der Waals surface area contributed by atoms with Crippen LogP contribution in [-0.4, -0.2) is 13.1 Å². The van der Waals surface area contributed by atoms with Crippen LogP contribution in [0.2, 0.25) is 0 Å². The van der Waals surface area contributed by atoms with E-state index in [2.05, 4.69) is 10.4 Å². The Morgan fingerprint density at radius 3 is 2.92 bits per heavy atom. The SMILES string of the molecule is COc1cccc(N=C(N)NN)c1. The molecule has 70 valence electrons. The van der Waals surface area contributed by atoms with Gasteiger partial charge < -0.3 is 10.5 Å². The number of nitrogens with zero attached hydrogens (tertiary/aromatic N) is 1. The molecule has 0 saturated carbocycles. The minimum atomic E-state index is 0.160. The van der Waals surface area contributed by atoms with Gasteiger partial charge >= 0.3 is 0 Å². The molecule has 0 fully saturated rings. The molecule has 5 heteroatoms. The molecule has 0 saturated heterocycles. The first-order valence-electron chi connectivity index (χ1n) is 3.71. The van der Waals surface area contributed by atoms with Gasteiger partial charge in [-0.15, -0.1) is 0 Å². The predicted octanol–water partition coefficient (Wildman–Crippen LogP) is 0.105. The van der Waals surface area contributed by atoms with E-state index in [-0.39, 0.29) is 5.96 Å². The van der Waals surface area contributed by atoms with Gasteiger partial charge in [0, 0.05) is 6.07 Å². The third-order valence-corrected chi connectivity index (χ3v) is 1.45. The van der Waals surface area contributed by atoms with E-state index >= 15 is 0 Å². The Hall–Kier alpha value is -1.75. The molecular formula is C8H12N4O. The number of aliphatic imine (C=N–C) groups is 1. The van der Waals surface area contributed by atoms with Crippen molar-refractivity contribution in [1.82, 2.24) is 5.43 Å². The lowest BCUT2D eigenvalue weighted by atomic mass is 10.3. The van der Waals surface area contributed by atoms with Crippen molar-refractivity contribution < 1.29 is 4.74 Å². The minimum absolute atomic E-state index is 0.160. The molecule has 1 aromatic carbocycles. The van der Waals surface area contributed by atoms with Gasteiger partial charge in [0.05, 0.1) is 12.8 Å². The Bertz CT molecular complexity index is 311. The maximum absolute atomic E-state index is 5.37. The van der Waals surface area contributed by atoms with Crippen molar-refractivity contribution in [3.63, 3.8) is 0 Å². The Morgan fingerprint density at radius 1 is 1.54 bits per heavy atom. The number of hydrogen-bond donors (Lipinski definition) is 3. The maximum Gasteiger partial charge on any atom is 0.208 e. The zero-order chi connectivity index (χ0) is 9.68. The van der Waals surface area contributed by atoms with Crippen molar-refractivity contribution in [3.8, 4) is 5.75 Å². The Labute approximate surface area is 76.4 Å². The lowest BCUT2D eigenvalue weighted by Gasteiger charge is -2.01. The Kier molecular flexibility index (Phi) is 3.10. The van der Waals surface area contributed by atoms with E-state index in [4.69, 9.17) is 16.3 Å². The summed E-state index contributed by atoms with van der Waals surface area (Å²) in [6.07, 6.45) is 0. The van der Waals surface area contributed by atoms with Crippen LogP contribution in [0.5, 0.6) is 5.75 Å².